The first kappa shape index (κ1) is 7.77. The topological polar surface area (TPSA) is 3.88 Å². The minimum atomic E-state index is -2.81. The minimum Gasteiger partial charge on any atom is -0.201 e. The molecular formula is C21H30N+. The Balaban J connectivity index is 2.60. The van der Waals surface area contributed by atoms with Gasteiger partial charge in [-0.05, 0) is 54.8 Å². The molecule has 1 aromatic heterocycles. The molecule has 1 heteroatoms. The first-order chi connectivity index (χ1) is 14.2. The van der Waals surface area contributed by atoms with Crippen LogP contribution in [0.4, 0.5) is 0 Å². The number of aryl methyl sites for hydroxylation is 3. The van der Waals surface area contributed by atoms with Gasteiger partial charge >= 0.3 is 0 Å². The van der Waals surface area contributed by atoms with Crippen molar-refractivity contribution in [1.82, 2.24) is 0 Å². The monoisotopic (exact) mass is 306 g/mol. The van der Waals surface area contributed by atoms with E-state index in [4.69, 9.17) is 13.7 Å². The molecule has 2 atom stereocenters. The average Bonchev–Trinajstić information content (AvgIpc) is 2.61. The van der Waals surface area contributed by atoms with Crippen LogP contribution in [0.25, 0.3) is 11.3 Å². The van der Waals surface area contributed by atoms with Crippen molar-refractivity contribution in [2.75, 3.05) is 0 Å². The molecule has 0 fully saturated rings. The Morgan fingerprint density at radius 1 is 1.18 bits per heavy atom. The van der Waals surface area contributed by atoms with Crippen molar-refractivity contribution in [2.24, 2.45) is 12.9 Å². The number of nitrogens with zero attached hydrogens (tertiary/aromatic N) is 1. The predicted molar refractivity (Wildman–Crippen MR) is 95.2 cm³/mol. The number of pyridine rings is 1. The summed E-state index contributed by atoms with van der Waals surface area (Å²) in [6.45, 7) is 0.656. The zero-order valence-corrected chi connectivity index (χ0v) is 13.8. The quantitative estimate of drug-likeness (QED) is 0.691. The molecule has 118 valence electrons. The Bertz CT molecular complexity index is 1020. The fourth-order valence-corrected chi connectivity index (χ4v) is 2.66. The summed E-state index contributed by atoms with van der Waals surface area (Å²) >= 11 is 0. The van der Waals surface area contributed by atoms with E-state index in [9.17, 15) is 0 Å². The molecule has 0 spiro atoms. The molecule has 0 saturated heterocycles. The number of hydrogen-bond acceptors (Lipinski definition) is 0. The number of hydrogen-bond donors (Lipinski definition) is 0. The second kappa shape index (κ2) is 6.64. The Hall–Kier alpha value is -1.63. The van der Waals surface area contributed by atoms with E-state index in [1.807, 2.05) is 0 Å². The molecule has 22 heavy (non-hydrogen) atoms. The van der Waals surface area contributed by atoms with Gasteiger partial charge in [-0.3, -0.25) is 0 Å². The van der Waals surface area contributed by atoms with Crippen LogP contribution in [0.15, 0.2) is 30.5 Å². The first-order valence-electron chi connectivity index (χ1n) is 12.3. The Kier molecular flexibility index (Phi) is 2.34. The minimum absolute atomic E-state index is 0.101. The summed E-state index contributed by atoms with van der Waals surface area (Å²) in [7, 11) is 1.75. The highest BCUT2D eigenvalue weighted by atomic mass is 14.9. The maximum Gasteiger partial charge on any atom is 0.212 e. The molecule has 0 amide bonds. The van der Waals surface area contributed by atoms with Crippen molar-refractivity contribution < 1.29 is 18.3 Å². The molecule has 0 saturated carbocycles. The van der Waals surface area contributed by atoms with Crippen molar-refractivity contribution in [3.05, 3.63) is 52.7 Å². The van der Waals surface area contributed by atoms with E-state index in [-0.39, 0.29) is 5.56 Å². The second-order valence-corrected chi connectivity index (χ2v) is 5.77. The Morgan fingerprint density at radius 3 is 2.59 bits per heavy atom. The van der Waals surface area contributed by atoms with Gasteiger partial charge in [-0.25, -0.2) is 4.57 Å². The molecule has 0 aliphatic heterocycles. The molecule has 1 nitrogen and oxygen atoms in total. The third kappa shape index (κ3) is 3.58. The van der Waals surface area contributed by atoms with Crippen molar-refractivity contribution in [3.63, 3.8) is 0 Å². The number of benzene rings is 1. The SMILES string of the molecule is [2H]C([2H])([2H])C([2H])(C)c1c[n+](C)c(-c2ccc(C([2H])([2H])C([2H])(C)C([2H])([2H])[2H])cc2C)cc1C. The third-order valence-electron chi connectivity index (χ3n) is 3.72. The van der Waals surface area contributed by atoms with Gasteiger partial charge in [0.2, 0.25) is 5.69 Å². The van der Waals surface area contributed by atoms with Gasteiger partial charge in [0.15, 0.2) is 6.20 Å². The van der Waals surface area contributed by atoms with Gasteiger partial charge in [0.05, 0.1) is 0 Å². The average molecular weight is 307 g/mol. The van der Waals surface area contributed by atoms with Crippen molar-refractivity contribution in [1.29, 1.82) is 0 Å². The van der Waals surface area contributed by atoms with Crippen molar-refractivity contribution in [2.45, 2.75) is 53.7 Å². The van der Waals surface area contributed by atoms with E-state index in [1.165, 1.54) is 13.0 Å². The van der Waals surface area contributed by atoms with E-state index in [0.717, 1.165) is 18.2 Å². The van der Waals surface area contributed by atoms with Gasteiger partial charge in [0.1, 0.15) is 7.05 Å². The van der Waals surface area contributed by atoms with E-state index in [2.05, 4.69) is 0 Å². The van der Waals surface area contributed by atoms with Crippen LogP contribution >= 0.6 is 0 Å². The molecule has 0 aliphatic carbocycles. The lowest BCUT2D eigenvalue weighted by atomic mass is 9.94. The summed E-state index contributed by atoms with van der Waals surface area (Å²) in [5.41, 5.74) is 3.30. The van der Waals surface area contributed by atoms with Gasteiger partial charge in [-0.2, -0.15) is 0 Å². The van der Waals surface area contributed by atoms with Crippen LogP contribution < -0.4 is 4.57 Å². The first-order valence-corrected chi connectivity index (χ1v) is 7.28. The normalized spacial score (nSPS) is 25.3. The summed E-state index contributed by atoms with van der Waals surface area (Å²) in [6, 6.07) is 6.51. The summed E-state index contributed by atoms with van der Waals surface area (Å²) in [5, 5.41) is 0. The molecule has 0 N–H and O–H groups in total. The Labute approximate surface area is 150 Å². The molecule has 1 aromatic carbocycles. The highest BCUT2D eigenvalue weighted by molar-refractivity contribution is 5.62. The fraction of sp³-hybridized carbons (Fsp3) is 0.476. The molecular weight excluding hydrogens is 266 g/mol. The van der Waals surface area contributed by atoms with Gasteiger partial charge < -0.3 is 0 Å². The van der Waals surface area contributed by atoms with E-state index >= 15 is 0 Å². The zero-order valence-electron chi connectivity index (χ0n) is 23.8. The smallest absolute Gasteiger partial charge is 0.201 e. The van der Waals surface area contributed by atoms with Crippen molar-refractivity contribution in [3.8, 4) is 11.3 Å². The van der Waals surface area contributed by atoms with Crippen LogP contribution in [0.1, 0.15) is 69.4 Å². The maximum absolute atomic E-state index is 8.40. The molecule has 2 rings (SSSR count). The summed E-state index contributed by atoms with van der Waals surface area (Å²) in [4.78, 5) is 0. The van der Waals surface area contributed by atoms with Crippen LogP contribution in [-0.4, -0.2) is 0 Å². The molecule has 1 heterocycles. The number of aromatic nitrogens is 1. The van der Waals surface area contributed by atoms with Crippen molar-refractivity contribution >= 4 is 0 Å². The summed E-state index contributed by atoms with van der Waals surface area (Å²) in [5.74, 6) is -4.12. The van der Waals surface area contributed by atoms with Crippen LogP contribution in [0, 0.1) is 19.7 Å². The van der Waals surface area contributed by atoms with Crippen LogP contribution in [0.3, 0.4) is 0 Å². The largest absolute Gasteiger partial charge is 0.212 e. The lowest BCUT2D eigenvalue weighted by molar-refractivity contribution is -0.660. The van der Waals surface area contributed by atoms with Crippen LogP contribution in [0.2, 0.25) is 0 Å². The maximum atomic E-state index is 8.40. The molecule has 0 bridgehead atoms. The van der Waals surface area contributed by atoms with Gasteiger partial charge in [-0.15, -0.1) is 0 Å². The third-order valence-corrected chi connectivity index (χ3v) is 3.72. The molecule has 0 radical (unpaired) electrons. The molecule has 0 aliphatic rings. The van der Waals surface area contributed by atoms with E-state index in [1.54, 1.807) is 49.9 Å². The lowest BCUT2D eigenvalue weighted by Gasteiger charge is -2.12. The fourth-order valence-electron chi connectivity index (χ4n) is 2.66. The summed E-state index contributed by atoms with van der Waals surface area (Å²) in [6.07, 6.45) is -0.789. The molecule has 2 unspecified atom stereocenters. The van der Waals surface area contributed by atoms with Crippen LogP contribution in [-0.2, 0) is 13.4 Å². The highest BCUT2D eigenvalue weighted by Crippen LogP contribution is 2.26. The predicted octanol–water partition coefficient (Wildman–Crippen LogP) is 5.12. The van der Waals surface area contributed by atoms with Gasteiger partial charge in [-0.1, -0.05) is 39.7 Å². The van der Waals surface area contributed by atoms with E-state index in [0.29, 0.717) is 16.7 Å². The second-order valence-electron chi connectivity index (χ2n) is 5.77. The zero-order chi connectivity index (χ0) is 25.1. The Morgan fingerprint density at radius 2 is 1.95 bits per heavy atom. The molecule has 2 aromatic rings. The van der Waals surface area contributed by atoms with Crippen LogP contribution in [0.5, 0.6) is 0 Å². The highest BCUT2D eigenvalue weighted by Gasteiger charge is 2.17. The number of rotatable bonds is 4. The van der Waals surface area contributed by atoms with Gasteiger partial charge in [0, 0.05) is 30.9 Å². The van der Waals surface area contributed by atoms with E-state index < -0.39 is 31.9 Å². The standard InChI is InChI=1S/C21H30N/c1-14(2)10-18-8-9-19(16(5)11-18)21-12-17(6)20(15(3)4)13-22(21)7/h8-9,11-15H,10H2,1-7H3/q+1/i1D3,3D3,10D2,14D,15D. The summed E-state index contributed by atoms with van der Waals surface area (Å²) < 4.78 is 81.0. The lowest BCUT2D eigenvalue weighted by Crippen LogP contribution is -2.32. The van der Waals surface area contributed by atoms with Gasteiger partial charge in [0.25, 0.3) is 0 Å².